The molecule has 1 aliphatic heterocycles. The molecule has 1 aliphatic carbocycles. The monoisotopic (exact) mass is 242 g/mol. The van der Waals surface area contributed by atoms with E-state index in [4.69, 9.17) is 5.73 Å². The summed E-state index contributed by atoms with van der Waals surface area (Å²) in [4.78, 5) is 14.3. The van der Waals surface area contributed by atoms with Gasteiger partial charge in [-0.1, -0.05) is 19.8 Å². The van der Waals surface area contributed by atoms with Gasteiger partial charge in [0.05, 0.1) is 0 Å². The molecule has 3 unspecified atom stereocenters. The molecule has 3 atom stereocenters. The Labute approximate surface area is 102 Å². The van der Waals surface area contributed by atoms with Crippen LogP contribution in [0.3, 0.4) is 0 Å². The van der Waals surface area contributed by atoms with Gasteiger partial charge in [0.25, 0.3) is 0 Å². The molecule has 16 heavy (non-hydrogen) atoms. The van der Waals surface area contributed by atoms with E-state index in [-0.39, 0.29) is 11.8 Å². The maximum absolute atomic E-state index is 12.2. The molecule has 1 saturated carbocycles. The van der Waals surface area contributed by atoms with Gasteiger partial charge in [0, 0.05) is 36.1 Å². The van der Waals surface area contributed by atoms with Gasteiger partial charge in [0.15, 0.2) is 0 Å². The van der Waals surface area contributed by atoms with E-state index in [9.17, 15) is 4.79 Å². The molecule has 1 amide bonds. The van der Waals surface area contributed by atoms with E-state index in [1.807, 2.05) is 6.92 Å². The summed E-state index contributed by atoms with van der Waals surface area (Å²) in [6.45, 7) is 3.34. The van der Waals surface area contributed by atoms with Crippen LogP contribution in [0.4, 0.5) is 0 Å². The highest BCUT2D eigenvalue weighted by Crippen LogP contribution is 2.35. The van der Waals surface area contributed by atoms with Crippen LogP contribution in [0.5, 0.6) is 0 Å². The van der Waals surface area contributed by atoms with Crippen LogP contribution in [0, 0.1) is 5.92 Å². The first-order chi connectivity index (χ1) is 7.74. The highest BCUT2D eigenvalue weighted by Gasteiger charge is 2.37. The molecule has 0 aromatic rings. The second-order valence-corrected chi connectivity index (χ2v) is 6.28. The molecular weight excluding hydrogens is 220 g/mol. The number of carbonyl (C=O) groups excluding carboxylic acids is 1. The standard InChI is InChI=1S/C12H22N2OS/c1-9(8-13)12(15)14-6-7-16-11-5-3-2-4-10(11)14/h9-11H,2-8,13H2,1H3. The lowest BCUT2D eigenvalue weighted by atomic mass is 9.92. The van der Waals surface area contributed by atoms with Crippen LogP contribution >= 0.6 is 11.8 Å². The van der Waals surface area contributed by atoms with Gasteiger partial charge in [0.1, 0.15) is 0 Å². The Morgan fingerprint density at radius 2 is 2.25 bits per heavy atom. The molecule has 0 spiro atoms. The van der Waals surface area contributed by atoms with Crippen molar-refractivity contribution in [2.75, 3.05) is 18.8 Å². The topological polar surface area (TPSA) is 46.3 Å². The van der Waals surface area contributed by atoms with Crippen molar-refractivity contribution in [3.8, 4) is 0 Å². The number of rotatable bonds is 2. The van der Waals surface area contributed by atoms with Gasteiger partial charge in [-0.25, -0.2) is 0 Å². The quantitative estimate of drug-likeness (QED) is 0.797. The largest absolute Gasteiger partial charge is 0.338 e. The molecule has 1 heterocycles. The number of nitrogens with two attached hydrogens (primary N) is 1. The number of amides is 1. The summed E-state index contributed by atoms with van der Waals surface area (Å²) in [6.07, 6.45) is 5.10. The third kappa shape index (κ3) is 2.38. The van der Waals surface area contributed by atoms with Crippen LogP contribution in [0.2, 0.25) is 0 Å². The Bertz CT molecular complexity index is 257. The van der Waals surface area contributed by atoms with Crippen molar-refractivity contribution in [1.29, 1.82) is 0 Å². The van der Waals surface area contributed by atoms with Crippen molar-refractivity contribution in [2.24, 2.45) is 11.7 Å². The highest BCUT2D eigenvalue weighted by atomic mass is 32.2. The lowest BCUT2D eigenvalue weighted by Gasteiger charge is -2.44. The van der Waals surface area contributed by atoms with E-state index in [0.717, 1.165) is 12.3 Å². The summed E-state index contributed by atoms with van der Waals surface area (Å²) < 4.78 is 0. The maximum Gasteiger partial charge on any atom is 0.226 e. The molecule has 2 aliphatic rings. The van der Waals surface area contributed by atoms with Gasteiger partial charge in [0.2, 0.25) is 5.91 Å². The molecule has 0 radical (unpaired) electrons. The molecule has 4 heteroatoms. The summed E-state index contributed by atoms with van der Waals surface area (Å²) in [5, 5.41) is 0.691. The molecule has 0 bridgehead atoms. The molecule has 2 rings (SSSR count). The third-order valence-corrected chi connectivity index (χ3v) is 5.19. The Kier molecular flexibility index (Phi) is 4.14. The number of carbonyl (C=O) groups is 1. The molecule has 0 aromatic heterocycles. The van der Waals surface area contributed by atoms with Gasteiger partial charge in [-0.05, 0) is 12.8 Å². The number of fused-ring (bicyclic) bond motifs is 1. The number of hydrogen-bond donors (Lipinski definition) is 1. The molecule has 2 N–H and O–H groups in total. The van der Waals surface area contributed by atoms with Crippen LogP contribution in [0.1, 0.15) is 32.6 Å². The second kappa shape index (κ2) is 5.41. The Balaban J connectivity index is 2.04. The van der Waals surface area contributed by atoms with Crippen molar-refractivity contribution >= 4 is 17.7 Å². The third-order valence-electron chi connectivity index (χ3n) is 3.79. The SMILES string of the molecule is CC(CN)C(=O)N1CCSC2CCCCC21. The molecule has 92 valence electrons. The summed E-state index contributed by atoms with van der Waals surface area (Å²) >= 11 is 2.06. The number of nitrogens with zero attached hydrogens (tertiary/aromatic N) is 1. The zero-order chi connectivity index (χ0) is 11.5. The summed E-state index contributed by atoms with van der Waals surface area (Å²) in [5.74, 6) is 1.37. The van der Waals surface area contributed by atoms with E-state index >= 15 is 0 Å². The van der Waals surface area contributed by atoms with Gasteiger partial charge in [-0.15, -0.1) is 0 Å². The van der Waals surface area contributed by atoms with Crippen molar-refractivity contribution in [2.45, 2.75) is 43.9 Å². The predicted octanol–water partition coefficient (Wildman–Crippen LogP) is 1.47. The normalized spacial score (nSPS) is 32.0. The van der Waals surface area contributed by atoms with E-state index in [0.29, 0.717) is 17.8 Å². The molecule has 3 nitrogen and oxygen atoms in total. The fraction of sp³-hybridized carbons (Fsp3) is 0.917. The minimum absolute atomic E-state index is 0.00863. The van der Waals surface area contributed by atoms with Gasteiger partial charge < -0.3 is 10.6 Å². The smallest absolute Gasteiger partial charge is 0.226 e. The van der Waals surface area contributed by atoms with Crippen LogP contribution in [0.25, 0.3) is 0 Å². The summed E-state index contributed by atoms with van der Waals surface area (Å²) in [5.41, 5.74) is 5.59. The Morgan fingerprint density at radius 1 is 1.50 bits per heavy atom. The molecular formula is C12H22N2OS. The van der Waals surface area contributed by atoms with Gasteiger partial charge in [-0.2, -0.15) is 11.8 Å². The van der Waals surface area contributed by atoms with Gasteiger partial charge >= 0.3 is 0 Å². The van der Waals surface area contributed by atoms with Crippen molar-refractivity contribution in [3.63, 3.8) is 0 Å². The molecule has 2 fully saturated rings. The average molecular weight is 242 g/mol. The predicted molar refractivity (Wildman–Crippen MR) is 68.4 cm³/mol. The minimum atomic E-state index is -0.00863. The first kappa shape index (κ1) is 12.2. The first-order valence-corrected chi connectivity index (χ1v) is 7.41. The average Bonchev–Trinajstić information content (AvgIpc) is 2.36. The van der Waals surface area contributed by atoms with Crippen LogP contribution in [0.15, 0.2) is 0 Å². The Hall–Kier alpha value is -0.220. The van der Waals surface area contributed by atoms with Crippen LogP contribution in [-0.4, -0.2) is 40.9 Å². The van der Waals surface area contributed by atoms with Crippen molar-refractivity contribution in [1.82, 2.24) is 4.90 Å². The summed E-state index contributed by atoms with van der Waals surface area (Å²) in [7, 11) is 0. The first-order valence-electron chi connectivity index (χ1n) is 6.36. The van der Waals surface area contributed by atoms with E-state index in [1.165, 1.54) is 25.7 Å². The minimum Gasteiger partial charge on any atom is -0.338 e. The van der Waals surface area contributed by atoms with E-state index in [1.54, 1.807) is 0 Å². The zero-order valence-electron chi connectivity index (χ0n) is 10.0. The van der Waals surface area contributed by atoms with E-state index in [2.05, 4.69) is 16.7 Å². The lowest BCUT2D eigenvalue weighted by Crippen LogP contribution is -2.53. The van der Waals surface area contributed by atoms with E-state index < -0.39 is 0 Å². The number of thioether (sulfide) groups is 1. The van der Waals surface area contributed by atoms with Crippen LogP contribution < -0.4 is 5.73 Å². The zero-order valence-corrected chi connectivity index (χ0v) is 10.8. The lowest BCUT2D eigenvalue weighted by molar-refractivity contribution is -0.137. The van der Waals surface area contributed by atoms with Crippen molar-refractivity contribution in [3.05, 3.63) is 0 Å². The van der Waals surface area contributed by atoms with Crippen LogP contribution in [-0.2, 0) is 4.79 Å². The van der Waals surface area contributed by atoms with Gasteiger partial charge in [-0.3, -0.25) is 4.79 Å². The Morgan fingerprint density at radius 3 is 3.00 bits per heavy atom. The van der Waals surface area contributed by atoms with Crippen molar-refractivity contribution < 1.29 is 4.79 Å². The maximum atomic E-state index is 12.2. The fourth-order valence-electron chi connectivity index (χ4n) is 2.75. The molecule has 1 saturated heterocycles. The summed E-state index contributed by atoms with van der Waals surface area (Å²) in [6, 6.07) is 0.494. The fourth-order valence-corrected chi connectivity index (χ4v) is 4.20. The highest BCUT2D eigenvalue weighted by molar-refractivity contribution is 8.00. The second-order valence-electron chi connectivity index (χ2n) is 4.93. The number of hydrogen-bond acceptors (Lipinski definition) is 3. The molecule has 0 aromatic carbocycles.